The lowest BCUT2D eigenvalue weighted by Crippen LogP contribution is -2.16. The third-order valence-corrected chi connectivity index (χ3v) is 3.95. The smallest absolute Gasteiger partial charge is 0.313 e. The fraction of sp³-hybridized carbons (Fsp3) is 0.462. The molecule has 2 aromatic heterocycles. The summed E-state index contributed by atoms with van der Waals surface area (Å²) >= 11 is 1.26. The van der Waals surface area contributed by atoms with Crippen LogP contribution in [0.15, 0.2) is 30.1 Å². The fourth-order valence-electron chi connectivity index (χ4n) is 2.12. The maximum atomic E-state index is 10.7. The second kappa shape index (κ2) is 6.60. The Balaban J connectivity index is 2.18. The normalized spacial score (nSPS) is 12.5. The molecule has 0 aliphatic heterocycles. The number of rotatable bonds is 7. The molecule has 0 spiro atoms. The van der Waals surface area contributed by atoms with Crippen LogP contribution in [0, 0.1) is 0 Å². The van der Waals surface area contributed by atoms with Crippen LogP contribution in [-0.4, -0.2) is 35.9 Å². The summed E-state index contributed by atoms with van der Waals surface area (Å²) in [6.45, 7) is 4.96. The standard InChI is InChI=1S/C13H18N4O2S/c1-3-11-6-15-13(20-8-12(18)19)17(11)10(2)7-16-5-4-14-9-16/h4-6,9-10H,3,7-8H2,1-2H3,(H,18,19). The van der Waals surface area contributed by atoms with Crippen molar-refractivity contribution in [3.8, 4) is 0 Å². The number of carboxylic acid groups (broad SMARTS) is 1. The number of hydrogen-bond donors (Lipinski definition) is 1. The number of aromatic nitrogens is 4. The van der Waals surface area contributed by atoms with E-state index in [0.717, 1.165) is 23.8 Å². The predicted molar refractivity (Wildman–Crippen MR) is 76.9 cm³/mol. The Hall–Kier alpha value is -1.76. The fourth-order valence-corrected chi connectivity index (χ4v) is 2.94. The summed E-state index contributed by atoms with van der Waals surface area (Å²) in [4.78, 5) is 19.1. The van der Waals surface area contributed by atoms with Gasteiger partial charge in [0.15, 0.2) is 5.16 Å². The third-order valence-electron chi connectivity index (χ3n) is 3.00. The lowest BCUT2D eigenvalue weighted by atomic mass is 10.3. The second-order valence-corrected chi connectivity index (χ2v) is 5.49. The van der Waals surface area contributed by atoms with E-state index in [2.05, 4.69) is 28.4 Å². The molecule has 2 rings (SSSR count). The van der Waals surface area contributed by atoms with Gasteiger partial charge < -0.3 is 14.2 Å². The first kappa shape index (κ1) is 14.6. The van der Waals surface area contributed by atoms with Crippen molar-refractivity contribution in [2.75, 3.05) is 5.75 Å². The summed E-state index contributed by atoms with van der Waals surface area (Å²) in [7, 11) is 0. The van der Waals surface area contributed by atoms with Gasteiger partial charge in [-0.05, 0) is 13.3 Å². The molecule has 0 amide bonds. The largest absolute Gasteiger partial charge is 0.481 e. The molecule has 0 fully saturated rings. The Labute approximate surface area is 121 Å². The van der Waals surface area contributed by atoms with Gasteiger partial charge in [0, 0.05) is 30.8 Å². The molecule has 20 heavy (non-hydrogen) atoms. The summed E-state index contributed by atoms with van der Waals surface area (Å²) in [5, 5.41) is 9.57. The number of hydrogen-bond acceptors (Lipinski definition) is 4. The molecule has 2 heterocycles. The Bertz CT molecular complexity index is 565. The SMILES string of the molecule is CCc1cnc(SCC(=O)O)n1C(C)Cn1ccnc1. The molecular weight excluding hydrogens is 276 g/mol. The Kier molecular flexibility index (Phi) is 4.84. The molecule has 0 saturated heterocycles. The van der Waals surface area contributed by atoms with E-state index in [9.17, 15) is 4.79 Å². The van der Waals surface area contributed by atoms with Crippen LogP contribution in [0.1, 0.15) is 25.6 Å². The Morgan fingerprint density at radius 2 is 2.35 bits per heavy atom. The van der Waals surface area contributed by atoms with Gasteiger partial charge in [-0.2, -0.15) is 0 Å². The molecule has 6 nitrogen and oxygen atoms in total. The monoisotopic (exact) mass is 294 g/mol. The highest BCUT2D eigenvalue weighted by atomic mass is 32.2. The van der Waals surface area contributed by atoms with E-state index in [1.54, 1.807) is 12.5 Å². The number of carbonyl (C=O) groups is 1. The van der Waals surface area contributed by atoms with Crippen molar-refractivity contribution in [1.29, 1.82) is 0 Å². The van der Waals surface area contributed by atoms with Gasteiger partial charge in [0.1, 0.15) is 0 Å². The highest BCUT2D eigenvalue weighted by Gasteiger charge is 2.16. The number of thioether (sulfide) groups is 1. The van der Waals surface area contributed by atoms with E-state index in [1.165, 1.54) is 11.8 Å². The van der Waals surface area contributed by atoms with Crippen LogP contribution in [0.4, 0.5) is 0 Å². The van der Waals surface area contributed by atoms with Crippen molar-refractivity contribution in [2.45, 2.75) is 38.0 Å². The molecule has 1 unspecified atom stereocenters. The first-order chi connectivity index (χ1) is 9.61. The van der Waals surface area contributed by atoms with Crippen molar-refractivity contribution in [1.82, 2.24) is 19.1 Å². The zero-order chi connectivity index (χ0) is 14.5. The Morgan fingerprint density at radius 3 is 2.95 bits per heavy atom. The predicted octanol–water partition coefficient (Wildman–Crippen LogP) is 2.08. The van der Waals surface area contributed by atoms with Crippen LogP contribution in [0.5, 0.6) is 0 Å². The number of nitrogens with zero attached hydrogens (tertiary/aromatic N) is 4. The van der Waals surface area contributed by atoms with E-state index in [-0.39, 0.29) is 11.8 Å². The summed E-state index contributed by atoms with van der Waals surface area (Å²) in [6, 6.07) is 0.193. The van der Waals surface area contributed by atoms with Crippen LogP contribution in [0.2, 0.25) is 0 Å². The van der Waals surface area contributed by atoms with Crippen LogP contribution in [0.25, 0.3) is 0 Å². The lowest BCUT2D eigenvalue weighted by Gasteiger charge is -2.19. The summed E-state index contributed by atoms with van der Waals surface area (Å²) in [6.07, 6.45) is 8.15. The van der Waals surface area contributed by atoms with Gasteiger partial charge >= 0.3 is 5.97 Å². The highest BCUT2D eigenvalue weighted by molar-refractivity contribution is 7.99. The summed E-state index contributed by atoms with van der Waals surface area (Å²) < 4.78 is 4.13. The van der Waals surface area contributed by atoms with Gasteiger partial charge in [-0.15, -0.1) is 0 Å². The van der Waals surface area contributed by atoms with Crippen molar-refractivity contribution < 1.29 is 9.90 Å². The van der Waals surface area contributed by atoms with Crippen LogP contribution in [-0.2, 0) is 17.8 Å². The first-order valence-electron chi connectivity index (χ1n) is 6.48. The Morgan fingerprint density at radius 1 is 1.55 bits per heavy atom. The van der Waals surface area contributed by atoms with Gasteiger partial charge in [0.05, 0.1) is 18.1 Å². The highest BCUT2D eigenvalue weighted by Crippen LogP contribution is 2.24. The zero-order valence-electron chi connectivity index (χ0n) is 11.6. The van der Waals surface area contributed by atoms with Gasteiger partial charge in [0.2, 0.25) is 0 Å². The maximum absolute atomic E-state index is 10.7. The van der Waals surface area contributed by atoms with Crippen molar-refractivity contribution in [3.63, 3.8) is 0 Å². The molecule has 2 aromatic rings. The van der Waals surface area contributed by atoms with Crippen molar-refractivity contribution >= 4 is 17.7 Å². The minimum atomic E-state index is -0.829. The average molecular weight is 294 g/mol. The van der Waals surface area contributed by atoms with Crippen molar-refractivity contribution in [2.24, 2.45) is 0 Å². The summed E-state index contributed by atoms with van der Waals surface area (Å²) in [5.41, 5.74) is 1.12. The average Bonchev–Trinajstić information content (AvgIpc) is 3.04. The first-order valence-corrected chi connectivity index (χ1v) is 7.46. The number of aryl methyl sites for hydroxylation is 1. The quantitative estimate of drug-likeness (QED) is 0.791. The molecular formula is C13H18N4O2S. The van der Waals surface area contributed by atoms with E-state index in [4.69, 9.17) is 5.11 Å². The van der Waals surface area contributed by atoms with E-state index >= 15 is 0 Å². The molecule has 0 radical (unpaired) electrons. The van der Waals surface area contributed by atoms with Gasteiger partial charge in [-0.1, -0.05) is 18.7 Å². The van der Waals surface area contributed by atoms with Crippen LogP contribution < -0.4 is 0 Å². The number of carboxylic acids is 1. The molecule has 0 aliphatic carbocycles. The molecule has 0 saturated carbocycles. The third kappa shape index (κ3) is 3.41. The van der Waals surface area contributed by atoms with E-state index in [1.807, 2.05) is 17.0 Å². The van der Waals surface area contributed by atoms with Crippen LogP contribution in [0.3, 0.4) is 0 Å². The minimum Gasteiger partial charge on any atom is -0.481 e. The lowest BCUT2D eigenvalue weighted by molar-refractivity contribution is -0.133. The molecule has 0 bridgehead atoms. The second-order valence-electron chi connectivity index (χ2n) is 4.55. The van der Waals surface area contributed by atoms with E-state index in [0.29, 0.717) is 0 Å². The maximum Gasteiger partial charge on any atom is 0.313 e. The van der Waals surface area contributed by atoms with E-state index < -0.39 is 5.97 Å². The van der Waals surface area contributed by atoms with Crippen LogP contribution >= 0.6 is 11.8 Å². The number of aliphatic carboxylic acids is 1. The van der Waals surface area contributed by atoms with Gasteiger partial charge in [-0.25, -0.2) is 9.97 Å². The zero-order valence-corrected chi connectivity index (χ0v) is 12.4. The molecule has 7 heteroatoms. The molecule has 108 valence electrons. The molecule has 1 atom stereocenters. The topological polar surface area (TPSA) is 72.9 Å². The molecule has 0 aromatic carbocycles. The molecule has 1 N–H and O–H groups in total. The minimum absolute atomic E-state index is 0.0258. The van der Waals surface area contributed by atoms with Gasteiger partial charge in [0.25, 0.3) is 0 Å². The number of imidazole rings is 2. The van der Waals surface area contributed by atoms with Crippen molar-refractivity contribution in [3.05, 3.63) is 30.6 Å². The summed E-state index contributed by atoms with van der Waals surface area (Å²) in [5.74, 6) is -0.803. The molecule has 0 aliphatic rings. The van der Waals surface area contributed by atoms with Gasteiger partial charge in [-0.3, -0.25) is 4.79 Å².